The zero-order valence-electron chi connectivity index (χ0n) is 11.6. The normalized spacial score (nSPS) is 11.1. The van der Waals surface area contributed by atoms with E-state index in [1.807, 2.05) is 0 Å². The number of fused-ring (bicyclic) bond motifs is 1. The summed E-state index contributed by atoms with van der Waals surface area (Å²) in [5.74, 6) is -0.451. The highest BCUT2D eigenvalue weighted by Crippen LogP contribution is 2.25. The first-order chi connectivity index (χ1) is 10.2. The summed E-state index contributed by atoms with van der Waals surface area (Å²) in [5.41, 5.74) is 1.27. The first-order valence-corrected chi connectivity index (χ1v) is 6.84. The smallest absolute Gasteiger partial charge is 0.336 e. The Balaban J connectivity index is 2.19. The molecule has 3 aromatic heterocycles. The summed E-state index contributed by atoms with van der Waals surface area (Å²) in [6.45, 7) is 2.81. The van der Waals surface area contributed by atoms with Gasteiger partial charge in [0.05, 0.1) is 23.4 Å². The van der Waals surface area contributed by atoms with E-state index in [0.29, 0.717) is 29.0 Å². The summed E-state index contributed by atoms with van der Waals surface area (Å²) >= 11 is 0. The number of hydrogen-bond acceptors (Lipinski definition) is 4. The highest BCUT2D eigenvalue weighted by Gasteiger charge is 2.17. The van der Waals surface area contributed by atoms with Crippen molar-refractivity contribution in [1.82, 2.24) is 14.8 Å². The van der Waals surface area contributed by atoms with Gasteiger partial charge in [-0.1, -0.05) is 13.3 Å². The van der Waals surface area contributed by atoms with Gasteiger partial charge in [-0.2, -0.15) is 5.10 Å². The second kappa shape index (κ2) is 5.40. The number of nitrogens with zero attached hydrogens (tertiary/aromatic N) is 3. The number of carbonyl (C=O) groups is 1. The number of carboxylic acid groups (broad SMARTS) is 1. The van der Waals surface area contributed by atoms with Crippen LogP contribution in [0.25, 0.3) is 22.5 Å². The van der Waals surface area contributed by atoms with Crippen molar-refractivity contribution in [2.24, 2.45) is 0 Å². The molecular formula is C15H15N3O3. The van der Waals surface area contributed by atoms with Gasteiger partial charge in [0.2, 0.25) is 0 Å². The average molecular weight is 285 g/mol. The number of hydrogen-bond donors (Lipinski definition) is 1. The van der Waals surface area contributed by atoms with Gasteiger partial charge >= 0.3 is 5.97 Å². The molecule has 0 fully saturated rings. The topological polar surface area (TPSA) is 81.2 Å². The first kappa shape index (κ1) is 13.4. The maximum atomic E-state index is 11.5. The molecule has 0 amide bonds. The second-order valence-electron chi connectivity index (χ2n) is 4.80. The third-order valence-corrected chi connectivity index (χ3v) is 3.34. The van der Waals surface area contributed by atoms with E-state index in [9.17, 15) is 9.90 Å². The lowest BCUT2D eigenvalue weighted by Gasteiger charge is -2.05. The minimum Gasteiger partial charge on any atom is -0.478 e. The van der Waals surface area contributed by atoms with E-state index in [0.717, 1.165) is 12.8 Å². The van der Waals surface area contributed by atoms with Gasteiger partial charge in [-0.15, -0.1) is 0 Å². The number of aromatic nitrogens is 3. The van der Waals surface area contributed by atoms with E-state index in [2.05, 4.69) is 17.0 Å². The second-order valence-corrected chi connectivity index (χ2v) is 4.80. The number of furan rings is 1. The molecule has 0 aromatic carbocycles. The van der Waals surface area contributed by atoms with E-state index in [1.165, 1.54) is 12.3 Å². The molecule has 3 aromatic rings. The van der Waals surface area contributed by atoms with Crippen molar-refractivity contribution in [1.29, 1.82) is 0 Å². The molecule has 1 N–H and O–H groups in total. The molecule has 0 spiro atoms. The fourth-order valence-electron chi connectivity index (χ4n) is 2.25. The zero-order chi connectivity index (χ0) is 14.8. The molecule has 21 heavy (non-hydrogen) atoms. The van der Waals surface area contributed by atoms with Gasteiger partial charge in [-0.25, -0.2) is 14.5 Å². The van der Waals surface area contributed by atoms with Crippen LogP contribution in [0, 0.1) is 0 Å². The highest BCUT2D eigenvalue weighted by atomic mass is 16.4. The Hall–Kier alpha value is -2.63. The van der Waals surface area contributed by atoms with Gasteiger partial charge in [-0.05, 0) is 24.6 Å². The molecule has 0 saturated carbocycles. The minimum absolute atomic E-state index is 0.189. The Bertz CT molecular complexity index is 775. The molecule has 6 heteroatoms. The first-order valence-electron chi connectivity index (χ1n) is 6.84. The molecule has 0 atom stereocenters. The van der Waals surface area contributed by atoms with Gasteiger partial charge in [0.15, 0.2) is 11.4 Å². The maximum absolute atomic E-state index is 11.5. The maximum Gasteiger partial charge on any atom is 0.336 e. The molecule has 0 radical (unpaired) electrons. The number of carboxylic acids is 1. The molecule has 108 valence electrons. The lowest BCUT2D eigenvalue weighted by Crippen LogP contribution is -2.04. The van der Waals surface area contributed by atoms with E-state index < -0.39 is 5.97 Å². The van der Waals surface area contributed by atoms with Crippen LogP contribution in [-0.4, -0.2) is 25.8 Å². The summed E-state index contributed by atoms with van der Waals surface area (Å²) in [6.07, 6.45) is 5.10. The third-order valence-electron chi connectivity index (χ3n) is 3.34. The average Bonchev–Trinajstić information content (AvgIpc) is 3.13. The van der Waals surface area contributed by atoms with Crippen molar-refractivity contribution in [3.8, 4) is 11.5 Å². The Labute approximate surface area is 121 Å². The van der Waals surface area contributed by atoms with Crippen LogP contribution in [0.2, 0.25) is 0 Å². The standard InChI is InChI=1S/C15H15N3O3/c1-2-3-6-18-14-11(9-16-18)10(15(19)20)8-12(17-14)13-5-4-7-21-13/h4-5,7-9H,2-3,6H2,1H3,(H,19,20). The van der Waals surface area contributed by atoms with Crippen LogP contribution in [0.15, 0.2) is 35.1 Å². The van der Waals surface area contributed by atoms with Crippen LogP contribution in [0.1, 0.15) is 30.1 Å². The lowest BCUT2D eigenvalue weighted by molar-refractivity contribution is 0.0699. The Morgan fingerprint density at radius 1 is 1.48 bits per heavy atom. The summed E-state index contributed by atoms with van der Waals surface area (Å²) in [7, 11) is 0. The molecule has 3 heterocycles. The monoisotopic (exact) mass is 285 g/mol. The lowest BCUT2D eigenvalue weighted by atomic mass is 10.1. The molecule has 0 unspecified atom stereocenters. The molecule has 3 rings (SSSR count). The van der Waals surface area contributed by atoms with Crippen molar-refractivity contribution < 1.29 is 14.3 Å². The summed E-state index contributed by atoms with van der Waals surface area (Å²) < 4.78 is 7.06. The minimum atomic E-state index is -0.995. The van der Waals surface area contributed by atoms with E-state index in [4.69, 9.17) is 4.42 Å². The van der Waals surface area contributed by atoms with Crippen LogP contribution >= 0.6 is 0 Å². The van der Waals surface area contributed by atoms with Crippen molar-refractivity contribution in [2.75, 3.05) is 0 Å². The quantitative estimate of drug-likeness (QED) is 0.778. The van der Waals surface area contributed by atoms with Gasteiger partial charge in [0.25, 0.3) is 0 Å². The van der Waals surface area contributed by atoms with E-state index in [-0.39, 0.29) is 5.56 Å². The predicted octanol–water partition coefficient (Wildman–Crippen LogP) is 3.19. The fraction of sp³-hybridized carbons (Fsp3) is 0.267. The van der Waals surface area contributed by atoms with Gasteiger partial charge in [0.1, 0.15) is 5.69 Å². The number of unbranched alkanes of at least 4 members (excludes halogenated alkanes) is 1. The van der Waals surface area contributed by atoms with Crippen LogP contribution in [0.3, 0.4) is 0 Å². The van der Waals surface area contributed by atoms with Crippen molar-refractivity contribution in [3.05, 3.63) is 36.2 Å². The SMILES string of the molecule is CCCCn1ncc2c(C(=O)O)cc(-c3ccco3)nc21. The summed E-state index contributed by atoms with van der Waals surface area (Å²) in [6, 6.07) is 5.03. The van der Waals surface area contributed by atoms with Crippen molar-refractivity contribution in [2.45, 2.75) is 26.3 Å². The molecule has 0 aliphatic heterocycles. The molecule has 0 aliphatic rings. The molecular weight excluding hydrogens is 270 g/mol. The van der Waals surface area contributed by atoms with Crippen LogP contribution < -0.4 is 0 Å². The van der Waals surface area contributed by atoms with Crippen molar-refractivity contribution in [3.63, 3.8) is 0 Å². The van der Waals surface area contributed by atoms with Gasteiger partial charge in [0, 0.05) is 6.54 Å². The van der Waals surface area contributed by atoms with Crippen molar-refractivity contribution >= 4 is 17.0 Å². The van der Waals surface area contributed by atoms with Crippen LogP contribution in [0.4, 0.5) is 0 Å². The number of pyridine rings is 1. The Kier molecular flexibility index (Phi) is 3.43. The molecule has 6 nitrogen and oxygen atoms in total. The molecule has 0 saturated heterocycles. The summed E-state index contributed by atoms with van der Waals surface area (Å²) in [4.78, 5) is 16.0. The fourth-order valence-corrected chi connectivity index (χ4v) is 2.25. The predicted molar refractivity (Wildman–Crippen MR) is 77.1 cm³/mol. The van der Waals surface area contributed by atoms with Crippen LogP contribution in [0.5, 0.6) is 0 Å². The molecule has 0 bridgehead atoms. The zero-order valence-corrected chi connectivity index (χ0v) is 11.6. The Morgan fingerprint density at radius 3 is 3.00 bits per heavy atom. The highest BCUT2D eigenvalue weighted by molar-refractivity contribution is 6.02. The van der Waals surface area contributed by atoms with Gasteiger partial charge in [-0.3, -0.25) is 0 Å². The summed E-state index contributed by atoms with van der Waals surface area (Å²) in [5, 5.41) is 14.2. The number of rotatable bonds is 5. The van der Waals surface area contributed by atoms with E-state index in [1.54, 1.807) is 23.0 Å². The van der Waals surface area contributed by atoms with Crippen LogP contribution in [-0.2, 0) is 6.54 Å². The Morgan fingerprint density at radius 2 is 2.33 bits per heavy atom. The van der Waals surface area contributed by atoms with E-state index >= 15 is 0 Å². The number of aromatic carboxylic acids is 1. The number of aryl methyl sites for hydroxylation is 1. The third kappa shape index (κ3) is 2.40. The largest absolute Gasteiger partial charge is 0.478 e. The molecule has 0 aliphatic carbocycles. The van der Waals surface area contributed by atoms with Gasteiger partial charge < -0.3 is 9.52 Å².